The Morgan fingerprint density at radius 3 is 2.74 bits per heavy atom. The van der Waals surface area contributed by atoms with E-state index in [4.69, 9.17) is 4.98 Å². The third kappa shape index (κ3) is 3.34. The van der Waals surface area contributed by atoms with E-state index in [1.54, 1.807) is 0 Å². The molecular formula is C16H25N3. The fourth-order valence-electron chi connectivity index (χ4n) is 3.34. The van der Waals surface area contributed by atoms with Gasteiger partial charge in [0.1, 0.15) is 0 Å². The summed E-state index contributed by atoms with van der Waals surface area (Å²) in [7, 11) is 2.21. The number of likely N-dealkylation sites (tertiary alicyclic amines) is 2. The van der Waals surface area contributed by atoms with E-state index >= 15 is 0 Å². The number of rotatable bonds is 3. The highest BCUT2D eigenvalue weighted by molar-refractivity contribution is 5.16. The van der Waals surface area contributed by atoms with Gasteiger partial charge >= 0.3 is 0 Å². The molecule has 0 aromatic carbocycles. The van der Waals surface area contributed by atoms with E-state index in [1.165, 1.54) is 63.3 Å². The Kier molecular flexibility index (Phi) is 4.14. The van der Waals surface area contributed by atoms with Crippen LogP contribution in [0.2, 0.25) is 0 Å². The van der Waals surface area contributed by atoms with Gasteiger partial charge in [-0.25, -0.2) is 0 Å². The van der Waals surface area contributed by atoms with Gasteiger partial charge in [0, 0.05) is 24.7 Å². The molecule has 1 atom stereocenters. The van der Waals surface area contributed by atoms with E-state index in [2.05, 4.69) is 35.0 Å². The quantitative estimate of drug-likeness (QED) is 0.831. The summed E-state index contributed by atoms with van der Waals surface area (Å²) in [5, 5.41) is 0. The van der Waals surface area contributed by atoms with Gasteiger partial charge < -0.3 is 4.90 Å². The van der Waals surface area contributed by atoms with Crippen LogP contribution in [0, 0.1) is 0 Å². The molecule has 0 radical (unpaired) electrons. The van der Waals surface area contributed by atoms with Crippen molar-refractivity contribution in [2.24, 2.45) is 0 Å². The Morgan fingerprint density at radius 2 is 2.00 bits per heavy atom. The Morgan fingerprint density at radius 1 is 1.16 bits per heavy atom. The summed E-state index contributed by atoms with van der Waals surface area (Å²) in [4.78, 5) is 9.87. The van der Waals surface area contributed by atoms with Crippen molar-refractivity contribution < 1.29 is 0 Å². The van der Waals surface area contributed by atoms with Crippen LogP contribution in [-0.2, 0) is 6.54 Å². The Bertz CT molecular complexity index is 412. The Labute approximate surface area is 116 Å². The van der Waals surface area contributed by atoms with Crippen LogP contribution in [0.15, 0.2) is 18.2 Å². The van der Waals surface area contributed by atoms with E-state index in [9.17, 15) is 0 Å². The normalized spacial score (nSPS) is 25.8. The molecular weight excluding hydrogens is 234 g/mol. The average Bonchev–Trinajstić information content (AvgIpc) is 2.87. The highest BCUT2D eigenvalue weighted by atomic mass is 15.1. The number of pyridine rings is 1. The first-order valence-corrected chi connectivity index (χ1v) is 7.68. The van der Waals surface area contributed by atoms with Crippen molar-refractivity contribution in [1.29, 1.82) is 0 Å². The maximum Gasteiger partial charge on any atom is 0.0547 e. The lowest BCUT2D eigenvalue weighted by molar-refractivity contribution is 0.218. The minimum atomic E-state index is 0.645. The van der Waals surface area contributed by atoms with E-state index in [1.807, 2.05) is 0 Å². The molecule has 0 spiro atoms. The number of likely N-dealkylation sites (N-methyl/N-ethyl adjacent to an activating group) is 1. The second-order valence-corrected chi connectivity index (χ2v) is 6.14. The topological polar surface area (TPSA) is 19.4 Å². The lowest BCUT2D eigenvalue weighted by atomic mass is 10.0. The molecule has 0 saturated carbocycles. The molecule has 2 saturated heterocycles. The van der Waals surface area contributed by atoms with Crippen molar-refractivity contribution >= 4 is 0 Å². The van der Waals surface area contributed by atoms with Crippen LogP contribution in [0.25, 0.3) is 0 Å². The average molecular weight is 259 g/mol. The molecule has 3 rings (SSSR count). The molecule has 0 N–H and O–H groups in total. The summed E-state index contributed by atoms with van der Waals surface area (Å²) in [6.45, 7) is 5.91. The molecule has 3 heteroatoms. The second-order valence-electron chi connectivity index (χ2n) is 6.14. The lowest BCUT2D eigenvalue weighted by Crippen LogP contribution is -2.29. The number of piperidine rings is 1. The third-order valence-corrected chi connectivity index (χ3v) is 4.47. The van der Waals surface area contributed by atoms with Crippen molar-refractivity contribution in [3.05, 3.63) is 29.6 Å². The largest absolute Gasteiger partial charge is 0.306 e. The monoisotopic (exact) mass is 259 g/mol. The van der Waals surface area contributed by atoms with Crippen LogP contribution < -0.4 is 0 Å². The van der Waals surface area contributed by atoms with Crippen LogP contribution in [-0.4, -0.2) is 48.0 Å². The van der Waals surface area contributed by atoms with E-state index in [0.29, 0.717) is 5.92 Å². The van der Waals surface area contributed by atoms with Crippen LogP contribution in [0.4, 0.5) is 0 Å². The Balaban J connectivity index is 1.65. The zero-order valence-corrected chi connectivity index (χ0v) is 12.0. The molecule has 1 unspecified atom stereocenters. The highest BCUT2D eigenvalue weighted by Crippen LogP contribution is 2.25. The Hall–Kier alpha value is -0.930. The zero-order chi connectivity index (χ0) is 13.1. The van der Waals surface area contributed by atoms with E-state index < -0.39 is 0 Å². The molecule has 0 bridgehead atoms. The van der Waals surface area contributed by atoms with Crippen LogP contribution in [0.1, 0.15) is 43.0 Å². The molecule has 3 nitrogen and oxygen atoms in total. The van der Waals surface area contributed by atoms with Crippen molar-refractivity contribution in [2.75, 3.05) is 33.2 Å². The van der Waals surface area contributed by atoms with Gasteiger partial charge in [-0.3, -0.25) is 9.88 Å². The SMILES string of the molecule is CN1CCC(c2cccc(CN3CCCCC3)n2)C1. The zero-order valence-electron chi connectivity index (χ0n) is 12.0. The summed E-state index contributed by atoms with van der Waals surface area (Å²) in [5.74, 6) is 0.645. The first-order valence-electron chi connectivity index (χ1n) is 7.68. The lowest BCUT2D eigenvalue weighted by Gasteiger charge is -2.26. The molecule has 0 aliphatic carbocycles. The van der Waals surface area contributed by atoms with Crippen LogP contribution in [0.5, 0.6) is 0 Å². The number of hydrogen-bond donors (Lipinski definition) is 0. The second kappa shape index (κ2) is 6.02. The highest BCUT2D eigenvalue weighted by Gasteiger charge is 2.22. The standard InChI is InChI=1S/C16H25N3/c1-18-11-8-14(12-18)16-7-5-6-15(17-16)13-19-9-3-2-4-10-19/h5-7,14H,2-4,8-13H2,1H3. The van der Waals surface area contributed by atoms with Gasteiger partial charge in [0.2, 0.25) is 0 Å². The van der Waals surface area contributed by atoms with Gasteiger partial charge in [0.15, 0.2) is 0 Å². The predicted octanol–water partition coefficient (Wildman–Crippen LogP) is 2.49. The fraction of sp³-hybridized carbons (Fsp3) is 0.688. The molecule has 0 amide bonds. The molecule has 1 aromatic heterocycles. The minimum absolute atomic E-state index is 0.645. The first-order chi connectivity index (χ1) is 9.31. The fourth-order valence-corrected chi connectivity index (χ4v) is 3.34. The summed E-state index contributed by atoms with van der Waals surface area (Å²) in [6.07, 6.45) is 5.37. The van der Waals surface area contributed by atoms with Crippen LogP contribution in [0.3, 0.4) is 0 Å². The molecule has 2 aliphatic heterocycles. The number of hydrogen-bond acceptors (Lipinski definition) is 3. The molecule has 2 fully saturated rings. The van der Waals surface area contributed by atoms with Crippen molar-refractivity contribution in [1.82, 2.24) is 14.8 Å². The maximum absolute atomic E-state index is 4.91. The van der Waals surface area contributed by atoms with Gasteiger partial charge in [-0.15, -0.1) is 0 Å². The van der Waals surface area contributed by atoms with E-state index in [0.717, 1.165) is 6.54 Å². The third-order valence-electron chi connectivity index (χ3n) is 4.47. The van der Waals surface area contributed by atoms with Gasteiger partial charge in [0.25, 0.3) is 0 Å². The molecule has 1 aromatic rings. The van der Waals surface area contributed by atoms with Crippen LogP contribution >= 0.6 is 0 Å². The van der Waals surface area contributed by atoms with Crippen molar-refractivity contribution in [3.63, 3.8) is 0 Å². The molecule has 2 aliphatic rings. The summed E-state index contributed by atoms with van der Waals surface area (Å²) >= 11 is 0. The summed E-state index contributed by atoms with van der Waals surface area (Å²) in [6, 6.07) is 6.60. The molecule has 104 valence electrons. The number of nitrogens with zero attached hydrogens (tertiary/aromatic N) is 3. The maximum atomic E-state index is 4.91. The first kappa shape index (κ1) is 13.1. The molecule has 19 heavy (non-hydrogen) atoms. The predicted molar refractivity (Wildman–Crippen MR) is 78.2 cm³/mol. The number of aromatic nitrogens is 1. The minimum Gasteiger partial charge on any atom is -0.306 e. The molecule has 3 heterocycles. The van der Waals surface area contributed by atoms with Gasteiger partial charge in [-0.2, -0.15) is 0 Å². The summed E-state index contributed by atoms with van der Waals surface area (Å²) < 4.78 is 0. The van der Waals surface area contributed by atoms with Gasteiger partial charge in [-0.05, 0) is 58.1 Å². The van der Waals surface area contributed by atoms with Crippen molar-refractivity contribution in [2.45, 2.75) is 38.1 Å². The van der Waals surface area contributed by atoms with Crippen molar-refractivity contribution in [3.8, 4) is 0 Å². The summed E-state index contributed by atoms with van der Waals surface area (Å²) in [5.41, 5.74) is 2.56. The van der Waals surface area contributed by atoms with Gasteiger partial charge in [-0.1, -0.05) is 12.5 Å². The van der Waals surface area contributed by atoms with E-state index in [-0.39, 0.29) is 0 Å². The smallest absolute Gasteiger partial charge is 0.0547 e. The van der Waals surface area contributed by atoms with Gasteiger partial charge in [0.05, 0.1) is 5.69 Å².